The number of rotatable bonds is 6. The Morgan fingerprint density at radius 3 is 2.80 bits per heavy atom. The molecule has 1 fully saturated rings. The summed E-state index contributed by atoms with van der Waals surface area (Å²) < 4.78 is 33.8. The maximum atomic E-state index is 12.5. The Morgan fingerprint density at radius 2 is 2.30 bits per heavy atom. The molecule has 0 aliphatic carbocycles. The third kappa shape index (κ3) is 3.06. The van der Waals surface area contributed by atoms with Gasteiger partial charge in [0.2, 0.25) is 10.0 Å². The summed E-state index contributed by atoms with van der Waals surface area (Å²) in [5.74, 6) is 0. The van der Waals surface area contributed by atoms with Crippen molar-refractivity contribution in [1.29, 1.82) is 0 Å². The molecule has 1 unspecified atom stereocenters. The highest BCUT2D eigenvalue weighted by atomic mass is 32.2. The van der Waals surface area contributed by atoms with Crippen LogP contribution < -0.4 is 5.73 Å². The lowest BCUT2D eigenvalue weighted by molar-refractivity contribution is 0.0979. The fourth-order valence-electron chi connectivity index (χ4n) is 2.49. The molecule has 1 aromatic heterocycles. The van der Waals surface area contributed by atoms with Gasteiger partial charge < -0.3 is 15.0 Å². The molecule has 2 N–H and O–H groups in total. The summed E-state index contributed by atoms with van der Waals surface area (Å²) >= 11 is 0. The van der Waals surface area contributed by atoms with E-state index in [2.05, 4.69) is 0 Å². The Morgan fingerprint density at radius 1 is 1.55 bits per heavy atom. The lowest BCUT2D eigenvalue weighted by Gasteiger charge is -2.19. The summed E-state index contributed by atoms with van der Waals surface area (Å²) in [6, 6.07) is 1.66. The van der Waals surface area contributed by atoms with Crippen molar-refractivity contribution in [3.8, 4) is 0 Å². The van der Waals surface area contributed by atoms with Gasteiger partial charge in [0.05, 0.1) is 6.10 Å². The van der Waals surface area contributed by atoms with Crippen LogP contribution in [0, 0.1) is 0 Å². The summed E-state index contributed by atoms with van der Waals surface area (Å²) in [6.45, 7) is 4.13. The number of ether oxygens (including phenoxy) is 1. The van der Waals surface area contributed by atoms with Gasteiger partial charge in [-0.25, -0.2) is 8.42 Å². The first kappa shape index (κ1) is 15.5. The second kappa shape index (κ2) is 6.26. The van der Waals surface area contributed by atoms with Crippen LogP contribution in [0.2, 0.25) is 0 Å². The van der Waals surface area contributed by atoms with Gasteiger partial charge in [-0.2, -0.15) is 4.31 Å². The van der Waals surface area contributed by atoms with Gasteiger partial charge in [0, 0.05) is 45.2 Å². The van der Waals surface area contributed by atoms with E-state index in [1.165, 1.54) is 4.31 Å². The zero-order valence-corrected chi connectivity index (χ0v) is 12.9. The number of aryl methyl sites for hydroxylation is 1. The number of nitrogens with zero attached hydrogens (tertiary/aromatic N) is 2. The van der Waals surface area contributed by atoms with Gasteiger partial charge in [-0.3, -0.25) is 0 Å². The van der Waals surface area contributed by atoms with E-state index in [0.717, 1.165) is 25.1 Å². The van der Waals surface area contributed by atoms with Crippen LogP contribution >= 0.6 is 0 Å². The van der Waals surface area contributed by atoms with Gasteiger partial charge in [0.25, 0.3) is 0 Å². The monoisotopic (exact) mass is 301 g/mol. The van der Waals surface area contributed by atoms with Crippen molar-refractivity contribution in [3.05, 3.63) is 18.0 Å². The van der Waals surface area contributed by atoms with Crippen LogP contribution in [-0.2, 0) is 27.8 Å². The van der Waals surface area contributed by atoms with Gasteiger partial charge in [-0.05, 0) is 25.8 Å². The van der Waals surface area contributed by atoms with Crippen molar-refractivity contribution in [2.75, 3.05) is 20.2 Å². The molecule has 0 spiro atoms. The molecule has 0 amide bonds. The maximum absolute atomic E-state index is 12.5. The summed E-state index contributed by atoms with van der Waals surface area (Å²) in [7, 11) is -1.87. The number of sulfonamides is 1. The molecule has 2 heterocycles. The second-order valence-electron chi connectivity index (χ2n) is 5.08. The van der Waals surface area contributed by atoms with Crippen LogP contribution in [0.25, 0.3) is 0 Å². The molecule has 1 aromatic rings. The summed E-state index contributed by atoms with van der Waals surface area (Å²) in [5, 5.41) is 0. The van der Waals surface area contributed by atoms with Crippen molar-refractivity contribution < 1.29 is 13.2 Å². The molecule has 20 heavy (non-hydrogen) atoms. The van der Waals surface area contributed by atoms with Crippen LogP contribution in [0.5, 0.6) is 0 Å². The molecule has 1 aliphatic rings. The van der Waals surface area contributed by atoms with Crippen molar-refractivity contribution in [2.45, 2.75) is 43.9 Å². The fraction of sp³-hybridized carbons (Fsp3) is 0.692. The van der Waals surface area contributed by atoms with Gasteiger partial charge in [-0.15, -0.1) is 0 Å². The highest BCUT2D eigenvalue weighted by Gasteiger charge is 2.27. The Hall–Kier alpha value is -0.890. The molecule has 1 atom stereocenters. The SMILES string of the molecule is CCn1cc(S(=O)(=O)N(C)CC2CCCO2)cc1CN. The Bertz CT molecular complexity index is 526. The minimum atomic E-state index is -3.47. The van der Waals surface area contributed by atoms with Gasteiger partial charge in [0.1, 0.15) is 4.90 Å². The molecular weight excluding hydrogens is 278 g/mol. The van der Waals surface area contributed by atoms with Gasteiger partial charge in [0.15, 0.2) is 0 Å². The van der Waals surface area contributed by atoms with Crippen LogP contribution in [-0.4, -0.2) is 43.6 Å². The minimum absolute atomic E-state index is 0.0111. The van der Waals surface area contributed by atoms with Gasteiger partial charge >= 0.3 is 0 Å². The summed E-state index contributed by atoms with van der Waals surface area (Å²) in [5.41, 5.74) is 6.47. The van der Waals surface area contributed by atoms with E-state index in [1.807, 2.05) is 11.5 Å². The molecule has 0 aromatic carbocycles. The smallest absolute Gasteiger partial charge is 0.244 e. The second-order valence-corrected chi connectivity index (χ2v) is 7.12. The lowest BCUT2D eigenvalue weighted by Crippen LogP contribution is -2.33. The molecule has 1 saturated heterocycles. The molecular formula is C13H23N3O3S. The summed E-state index contributed by atoms with van der Waals surface area (Å²) in [6.07, 6.45) is 3.59. The van der Waals surface area contributed by atoms with Crippen LogP contribution in [0.1, 0.15) is 25.5 Å². The minimum Gasteiger partial charge on any atom is -0.377 e. The predicted molar refractivity (Wildman–Crippen MR) is 76.8 cm³/mol. The highest BCUT2D eigenvalue weighted by Crippen LogP contribution is 2.20. The standard InChI is InChI=1S/C13H23N3O3S/c1-3-16-10-13(7-11(16)8-14)20(17,18)15(2)9-12-5-4-6-19-12/h7,10,12H,3-6,8-9,14H2,1-2H3. The normalized spacial score (nSPS) is 19.9. The van der Waals surface area contributed by atoms with E-state index in [4.69, 9.17) is 10.5 Å². The Kier molecular flexibility index (Phi) is 4.85. The average molecular weight is 301 g/mol. The number of hydrogen-bond donors (Lipinski definition) is 1. The van der Waals surface area contributed by atoms with E-state index in [9.17, 15) is 8.42 Å². The van der Waals surface area contributed by atoms with E-state index in [-0.39, 0.29) is 6.10 Å². The zero-order valence-electron chi connectivity index (χ0n) is 12.1. The Balaban J connectivity index is 2.17. The molecule has 7 heteroatoms. The maximum Gasteiger partial charge on any atom is 0.244 e. The van der Waals surface area contributed by atoms with Gasteiger partial charge in [-0.1, -0.05) is 0 Å². The number of hydrogen-bond acceptors (Lipinski definition) is 4. The number of aromatic nitrogens is 1. The van der Waals surface area contributed by atoms with Crippen molar-refractivity contribution >= 4 is 10.0 Å². The quantitative estimate of drug-likeness (QED) is 0.842. The van der Waals surface area contributed by atoms with Crippen molar-refractivity contribution in [3.63, 3.8) is 0 Å². The molecule has 2 rings (SSSR count). The molecule has 114 valence electrons. The van der Waals surface area contributed by atoms with Crippen molar-refractivity contribution in [1.82, 2.24) is 8.87 Å². The first-order valence-corrected chi connectivity index (χ1v) is 8.40. The van der Waals surface area contributed by atoms with Crippen LogP contribution in [0.15, 0.2) is 17.2 Å². The topological polar surface area (TPSA) is 77.6 Å². The molecule has 6 nitrogen and oxygen atoms in total. The number of nitrogens with two attached hydrogens (primary N) is 1. The highest BCUT2D eigenvalue weighted by molar-refractivity contribution is 7.89. The third-order valence-corrected chi connectivity index (χ3v) is 5.49. The van der Waals surface area contributed by atoms with E-state index >= 15 is 0 Å². The van der Waals surface area contributed by atoms with E-state index < -0.39 is 10.0 Å². The lowest BCUT2D eigenvalue weighted by atomic mass is 10.2. The largest absolute Gasteiger partial charge is 0.377 e. The zero-order chi connectivity index (χ0) is 14.8. The average Bonchev–Trinajstić information content (AvgIpc) is 3.06. The molecule has 0 saturated carbocycles. The van der Waals surface area contributed by atoms with E-state index in [1.54, 1.807) is 19.3 Å². The van der Waals surface area contributed by atoms with Crippen molar-refractivity contribution in [2.24, 2.45) is 5.73 Å². The predicted octanol–water partition coefficient (Wildman–Crippen LogP) is 0.766. The van der Waals surface area contributed by atoms with E-state index in [0.29, 0.717) is 24.5 Å². The fourth-order valence-corrected chi connectivity index (χ4v) is 3.75. The number of likely N-dealkylation sites (N-methyl/N-ethyl adjacent to an activating group) is 1. The van der Waals surface area contributed by atoms with Crippen LogP contribution in [0.3, 0.4) is 0 Å². The first-order valence-electron chi connectivity index (χ1n) is 6.96. The molecule has 0 bridgehead atoms. The first-order chi connectivity index (χ1) is 9.48. The Labute approximate surface area is 120 Å². The summed E-state index contributed by atoms with van der Waals surface area (Å²) in [4.78, 5) is 0.306. The van der Waals surface area contributed by atoms with Crippen LogP contribution in [0.4, 0.5) is 0 Å². The third-order valence-electron chi connectivity index (χ3n) is 3.70. The molecule has 1 aliphatic heterocycles. The molecule has 0 radical (unpaired) electrons.